The topological polar surface area (TPSA) is 133 Å². The minimum Gasteiger partial charge on any atom is -0.388 e. The molecule has 238 valence electrons. The second-order valence-corrected chi connectivity index (χ2v) is 12.6. The Kier molecular flexibility index (Phi) is 8.37. The summed E-state index contributed by atoms with van der Waals surface area (Å²) >= 11 is 0. The van der Waals surface area contributed by atoms with Crippen LogP contribution in [-0.4, -0.2) is 76.7 Å². The average Bonchev–Trinajstić information content (AvgIpc) is 3.55. The smallest absolute Gasteiger partial charge is 0.262 e. The molecule has 11 nitrogen and oxygen atoms in total. The summed E-state index contributed by atoms with van der Waals surface area (Å²) in [5, 5.41) is 21.3. The van der Waals surface area contributed by atoms with Gasteiger partial charge < -0.3 is 10.0 Å². The summed E-state index contributed by atoms with van der Waals surface area (Å²) in [4.78, 5) is 44.7. The fraction of sp³-hybridized carbons (Fsp3) is 0.333. The summed E-state index contributed by atoms with van der Waals surface area (Å²) in [5.41, 5.74) is 1.74. The molecule has 0 radical (unpaired) electrons. The van der Waals surface area contributed by atoms with Crippen LogP contribution in [0.25, 0.3) is 16.9 Å². The van der Waals surface area contributed by atoms with Gasteiger partial charge in [0.1, 0.15) is 23.9 Å². The van der Waals surface area contributed by atoms with E-state index in [-0.39, 0.29) is 29.8 Å². The third kappa shape index (κ3) is 6.30. The average molecular weight is 629 g/mol. The van der Waals surface area contributed by atoms with Crippen LogP contribution in [0.4, 0.5) is 0 Å². The normalized spacial score (nSPS) is 19.8. The van der Waals surface area contributed by atoms with Crippen molar-refractivity contribution in [3.05, 3.63) is 119 Å². The van der Waals surface area contributed by atoms with Crippen molar-refractivity contribution < 1.29 is 9.90 Å². The minimum absolute atomic E-state index is 0.0188. The number of carbonyl (C=O) groups is 1. The van der Waals surface area contributed by atoms with E-state index in [0.717, 1.165) is 24.2 Å². The van der Waals surface area contributed by atoms with Gasteiger partial charge in [-0.3, -0.25) is 23.6 Å². The first-order valence-electron chi connectivity index (χ1n) is 16.0. The van der Waals surface area contributed by atoms with E-state index in [2.05, 4.69) is 38.1 Å². The van der Waals surface area contributed by atoms with Gasteiger partial charge in [-0.2, -0.15) is 5.26 Å². The van der Waals surface area contributed by atoms with Crippen LogP contribution < -0.4 is 5.56 Å². The van der Waals surface area contributed by atoms with Crippen molar-refractivity contribution in [3.8, 4) is 11.9 Å². The third-order valence-electron chi connectivity index (χ3n) is 9.62. The van der Waals surface area contributed by atoms with E-state index < -0.39 is 5.60 Å². The van der Waals surface area contributed by atoms with Gasteiger partial charge in [0.05, 0.1) is 17.5 Å². The number of aliphatic hydroxyl groups is 1. The summed E-state index contributed by atoms with van der Waals surface area (Å²) in [6.07, 6.45) is 8.09. The van der Waals surface area contributed by atoms with Crippen LogP contribution in [0.15, 0.2) is 96.4 Å². The molecule has 2 aliphatic rings. The molecule has 2 aliphatic heterocycles. The van der Waals surface area contributed by atoms with Gasteiger partial charge >= 0.3 is 0 Å². The van der Waals surface area contributed by atoms with Crippen LogP contribution in [0, 0.1) is 17.2 Å². The molecule has 0 unspecified atom stereocenters. The van der Waals surface area contributed by atoms with Gasteiger partial charge in [0, 0.05) is 56.6 Å². The SMILES string of the molecule is N#Cc1cc(CN2CC[C@@H](C(=O)N3CCC(O)(Cn4cnc5c(ccn5-c5ccccn5)c4=O)CC3)[C@H](c3ccccc3)C2)ccn1. The van der Waals surface area contributed by atoms with Gasteiger partial charge in [-0.05, 0) is 67.3 Å². The van der Waals surface area contributed by atoms with Gasteiger partial charge in [0.25, 0.3) is 5.56 Å². The molecule has 0 aliphatic carbocycles. The Morgan fingerprint density at radius 1 is 0.979 bits per heavy atom. The molecule has 11 heteroatoms. The zero-order valence-electron chi connectivity index (χ0n) is 26.0. The number of hydrogen-bond donors (Lipinski definition) is 1. The number of likely N-dealkylation sites (tertiary alicyclic amines) is 2. The van der Waals surface area contributed by atoms with Gasteiger partial charge in [-0.15, -0.1) is 0 Å². The van der Waals surface area contributed by atoms with Crippen molar-refractivity contribution in [1.29, 1.82) is 5.26 Å². The van der Waals surface area contributed by atoms with Crippen molar-refractivity contribution in [1.82, 2.24) is 33.9 Å². The zero-order valence-corrected chi connectivity index (χ0v) is 26.0. The Bertz CT molecular complexity index is 1980. The number of nitrogens with zero attached hydrogens (tertiary/aromatic N) is 8. The van der Waals surface area contributed by atoms with Gasteiger partial charge in [0.15, 0.2) is 5.65 Å². The highest BCUT2D eigenvalue weighted by Crippen LogP contribution is 2.36. The van der Waals surface area contributed by atoms with E-state index in [1.807, 2.05) is 53.4 Å². The number of fused-ring (bicyclic) bond motifs is 1. The van der Waals surface area contributed by atoms with Crippen LogP contribution in [-0.2, 0) is 17.9 Å². The Labute approximate surface area is 272 Å². The standard InChI is InChI=1S/C36H36N8O3/c37-21-28-20-26(9-15-38-28)22-41-16-10-29(31(23-41)27-6-2-1-3-7-27)34(45)42-18-12-36(47,13-19-42)24-43-25-40-33-30(35(43)46)11-17-44(33)32-8-4-5-14-39-32/h1-9,11,14-15,17,20,25,29,31,47H,10,12-13,16,18-19,22-24H2/t29-,31+/m1/s1. The molecular formula is C36H36N8O3. The molecule has 0 saturated carbocycles. The summed E-state index contributed by atoms with van der Waals surface area (Å²) < 4.78 is 3.25. The number of piperidine rings is 2. The number of aromatic nitrogens is 5. The minimum atomic E-state index is -1.13. The Morgan fingerprint density at radius 3 is 2.55 bits per heavy atom. The van der Waals surface area contributed by atoms with Gasteiger partial charge in [-0.1, -0.05) is 36.4 Å². The van der Waals surface area contributed by atoms with E-state index in [9.17, 15) is 20.0 Å². The molecule has 1 amide bonds. The molecule has 2 atom stereocenters. The third-order valence-corrected chi connectivity index (χ3v) is 9.62. The van der Waals surface area contributed by atoms with E-state index in [1.54, 1.807) is 29.2 Å². The molecule has 1 aromatic carbocycles. The monoisotopic (exact) mass is 628 g/mol. The predicted octanol–water partition coefficient (Wildman–Crippen LogP) is 3.51. The highest BCUT2D eigenvalue weighted by molar-refractivity contribution is 5.80. The second-order valence-electron chi connectivity index (χ2n) is 12.6. The quantitative estimate of drug-likeness (QED) is 0.290. The lowest BCUT2D eigenvalue weighted by Gasteiger charge is -2.43. The predicted molar refractivity (Wildman–Crippen MR) is 175 cm³/mol. The maximum Gasteiger partial charge on any atom is 0.262 e. The van der Waals surface area contributed by atoms with E-state index in [4.69, 9.17) is 0 Å². The summed E-state index contributed by atoms with van der Waals surface area (Å²) in [6, 6.07) is 23.4. The molecule has 2 fully saturated rings. The van der Waals surface area contributed by atoms with E-state index in [0.29, 0.717) is 61.4 Å². The fourth-order valence-electron chi connectivity index (χ4n) is 7.09. The van der Waals surface area contributed by atoms with Crippen molar-refractivity contribution in [2.24, 2.45) is 5.92 Å². The highest BCUT2D eigenvalue weighted by atomic mass is 16.3. The molecule has 7 rings (SSSR count). The fourth-order valence-corrected chi connectivity index (χ4v) is 7.09. The molecule has 2 saturated heterocycles. The number of benzene rings is 1. The lowest BCUT2D eigenvalue weighted by atomic mass is 9.79. The van der Waals surface area contributed by atoms with Crippen molar-refractivity contribution >= 4 is 16.9 Å². The number of hydrogen-bond acceptors (Lipinski definition) is 8. The van der Waals surface area contributed by atoms with Gasteiger partial charge in [0.2, 0.25) is 5.91 Å². The van der Waals surface area contributed by atoms with Gasteiger partial charge in [-0.25, -0.2) is 15.0 Å². The number of nitriles is 1. The van der Waals surface area contributed by atoms with E-state index in [1.165, 1.54) is 10.9 Å². The summed E-state index contributed by atoms with van der Waals surface area (Å²) in [7, 11) is 0. The number of rotatable bonds is 7. The molecule has 0 spiro atoms. The molecule has 1 N–H and O–H groups in total. The molecule has 0 bridgehead atoms. The molecule has 4 aromatic heterocycles. The van der Waals surface area contributed by atoms with Crippen molar-refractivity contribution in [2.45, 2.75) is 43.9 Å². The van der Waals surface area contributed by atoms with Crippen LogP contribution in [0.2, 0.25) is 0 Å². The number of carbonyl (C=O) groups excluding carboxylic acids is 1. The van der Waals surface area contributed by atoms with Crippen LogP contribution in [0.1, 0.15) is 42.0 Å². The Morgan fingerprint density at radius 2 is 1.79 bits per heavy atom. The van der Waals surface area contributed by atoms with E-state index >= 15 is 0 Å². The molecule has 47 heavy (non-hydrogen) atoms. The van der Waals surface area contributed by atoms with Crippen LogP contribution in [0.5, 0.6) is 0 Å². The largest absolute Gasteiger partial charge is 0.388 e. The van der Waals surface area contributed by atoms with Crippen LogP contribution in [0.3, 0.4) is 0 Å². The second kappa shape index (κ2) is 12.9. The Hall–Kier alpha value is -5.18. The first kappa shape index (κ1) is 30.5. The van der Waals surface area contributed by atoms with Crippen molar-refractivity contribution in [2.75, 3.05) is 26.2 Å². The first-order valence-corrected chi connectivity index (χ1v) is 16.0. The Balaban J connectivity index is 1.03. The number of pyridine rings is 2. The maximum atomic E-state index is 14.1. The maximum absolute atomic E-state index is 14.1. The zero-order chi connectivity index (χ0) is 32.4. The first-order chi connectivity index (χ1) is 22.9. The molecular weight excluding hydrogens is 592 g/mol. The number of amides is 1. The highest BCUT2D eigenvalue weighted by Gasteiger charge is 2.41. The lowest BCUT2D eigenvalue weighted by molar-refractivity contribution is -0.142. The lowest BCUT2D eigenvalue weighted by Crippen LogP contribution is -2.53. The molecule has 6 heterocycles. The van der Waals surface area contributed by atoms with Crippen molar-refractivity contribution in [3.63, 3.8) is 0 Å². The molecule has 5 aromatic rings. The van der Waals surface area contributed by atoms with Crippen LogP contribution >= 0.6 is 0 Å². The summed E-state index contributed by atoms with van der Waals surface area (Å²) in [6.45, 7) is 3.13. The summed E-state index contributed by atoms with van der Waals surface area (Å²) in [5.74, 6) is 0.632.